The summed E-state index contributed by atoms with van der Waals surface area (Å²) in [5, 5.41) is 9.61. The standard InChI is InChI=1S/C15H21ClN2O2/c1-3-18-8-4-5-12(18)10-17(2)15(20)11-6-7-14(19)13(16)9-11/h6-7,9,12,19H,3-5,8,10H2,1-2H3. The summed E-state index contributed by atoms with van der Waals surface area (Å²) in [5.41, 5.74) is 0.511. The molecule has 20 heavy (non-hydrogen) atoms. The zero-order valence-electron chi connectivity index (χ0n) is 12.0. The van der Waals surface area contributed by atoms with E-state index in [0.29, 0.717) is 11.6 Å². The summed E-state index contributed by atoms with van der Waals surface area (Å²) in [4.78, 5) is 16.5. The summed E-state index contributed by atoms with van der Waals surface area (Å²) >= 11 is 5.85. The van der Waals surface area contributed by atoms with Crippen molar-refractivity contribution in [3.8, 4) is 5.75 Å². The molecule has 1 unspecified atom stereocenters. The number of phenolic OH excluding ortho intramolecular Hbond substituents is 1. The average Bonchev–Trinajstić information content (AvgIpc) is 2.88. The van der Waals surface area contributed by atoms with Gasteiger partial charge in [-0.3, -0.25) is 9.69 Å². The molecule has 110 valence electrons. The van der Waals surface area contributed by atoms with Gasteiger partial charge in [0.1, 0.15) is 5.75 Å². The van der Waals surface area contributed by atoms with Crippen LogP contribution in [0, 0.1) is 0 Å². The first-order valence-corrected chi connectivity index (χ1v) is 7.38. The number of phenols is 1. The van der Waals surface area contributed by atoms with Gasteiger partial charge in [-0.1, -0.05) is 18.5 Å². The van der Waals surface area contributed by atoms with Crippen LogP contribution in [0.4, 0.5) is 0 Å². The normalized spacial score (nSPS) is 19.2. The van der Waals surface area contributed by atoms with Crippen LogP contribution in [0.1, 0.15) is 30.1 Å². The van der Waals surface area contributed by atoms with E-state index in [9.17, 15) is 9.90 Å². The molecule has 0 spiro atoms. The lowest BCUT2D eigenvalue weighted by atomic mass is 10.1. The Morgan fingerprint density at radius 1 is 1.55 bits per heavy atom. The third-order valence-electron chi connectivity index (χ3n) is 3.93. The van der Waals surface area contributed by atoms with E-state index in [-0.39, 0.29) is 16.7 Å². The van der Waals surface area contributed by atoms with Crippen LogP contribution in [0.3, 0.4) is 0 Å². The number of halogens is 1. The van der Waals surface area contributed by atoms with Crippen LogP contribution in [0.5, 0.6) is 5.75 Å². The number of likely N-dealkylation sites (tertiary alicyclic amines) is 1. The van der Waals surface area contributed by atoms with Crippen LogP contribution in [0.25, 0.3) is 0 Å². The minimum Gasteiger partial charge on any atom is -0.506 e. The number of nitrogens with zero attached hydrogens (tertiary/aromatic N) is 2. The predicted octanol–water partition coefficient (Wildman–Crippen LogP) is 2.60. The lowest BCUT2D eigenvalue weighted by Gasteiger charge is -2.27. The van der Waals surface area contributed by atoms with E-state index in [1.54, 1.807) is 11.0 Å². The van der Waals surface area contributed by atoms with Gasteiger partial charge in [0, 0.05) is 25.2 Å². The fraction of sp³-hybridized carbons (Fsp3) is 0.533. The van der Waals surface area contributed by atoms with Gasteiger partial charge in [-0.15, -0.1) is 0 Å². The topological polar surface area (TPSA) is 43.8 Å². The van der Waals surface area contributed by atoms with Gasteiger partial charge in [-0.05, 0) is 44.1 Å². The minimum absolute atomic E-state index is 0.00109. The van der Waals surface area contributed by atoms with E-state index in [1.807, 2.05) is 7.05 Å². The SMILES string of the molecule is CCN1CCCC1CN(C)C(=O)c1ccc(O)c(Cl)c1. The Labute approximate surface area is 124 Å². The Hall–Kier alpha value is -1.26. The Morgan fingerprint density at radius 3 is 2.95 bits per heavy atom. The fourth-order valence-electron chi connectivity index (χ4n) is 2.78. The Morgan fingerprint density at radius 2 is 2.30 bits per heavy atom. The zero-order chi connectivity index (χ0) is 14.7. The molecular weight excluding hydrogens is 276 g/mol. The number of benzene rings is 1. The summed E-state index contributed by atoms with van der Waals surface area (Å²) < 4.78 is 0. The van der Waals surface area contributed by atoms with Gasteiger partial charge < -0.3 is 10.0 Å². The summed E-state index contributed by atoms with van der Waals surface area (Å²) in [6.45, 7) is 5.02. The third-order valence-corrected chi connectivity index (χ3v) is 4.23. The fourth-order valence-corrected chi connectivity index (χ4v) is 2.96. The van der Waals surface area contributed by atoms with Crippen molar-refractivity contribution in [3.63, 3.8) is 0 Å². The van der Waals surface area contributed by atoms with E-state index in [0.717, 1.165) is 26.1 Å². The molecule has 0 radical (unpaired) electrons. The molecule has 0 bridgehead atoms. The molecule has 1 aromatic rings. The Kier molecular flexibility index (Phi) is 4.89. The second kappa shape index (κ2) is 6.46. The van der Waals surface area contributed by atoms with Crippen LogP contribution in [-0.2, 0) is 0 Å². The molecule has 1 saturated heterocycles. The van der Waals surface area contributed by atoms with Crippen molar-refractivity contribution < 1.29 is 9.90 Å². The second-order valence-corrected chi connectivity index (χ2v) is 5.68. The van der Waals surface area contributed by atoms with E-state index < -0.39 is 0 Å². The number of amides is 1. The summed E-state index contributed by atoms with van der Waals surface area (Å²) in [5.74, 6) is -0.0614. The number of likely N-dealkylation sites (N-methyl/N-ethyl adjacent to an activating group) is 2. The largest absolute Gasteiger partial charge is 0.506 e. The molecule has 1 amide bonds. The lowest BCUT2D eigenvalue weighted by Crippen LogP contribution is -2.41. The van der Waals surface area contributed by atoms with Crippen molar-refractivity contribution in [2.24, 2.45) is 0 Å². The highest BCUT2D eigenvalue weighted by molar-refractivity contribution is 6.32. The van der Waals surface area contributed by atoms with Crippen LogP contribution in [0.2, 0.25) is 5.02 Å². The quantitative estimate of drug-likeness (QED) is 0.929. The van der Waals surface area contributed by atoms with E-state index in [4.69, 9.17) is 11.6 Å². The van der Waals surface area contributed by atoms with Crippen LogP contribution < -0.4 is 0 Å². The zero-order valence-corrected chi connectivity index (χ0v) is 12.7. The maximum atomic E-state index is 12.4. The van der Waals surface area contributed by atoms with Crippen molar-refractivity contribution in [2.45, 2.75) is 25.8 Å². The molecule has 2 rings (SSSR count). The molecule has 1 N–H and O–H groups in total. The monoisotopic (exact) mass is 296 g/mol. The maximum Gasteiger partial charge on any atom is 0.253 e. The van der Waals surface area contributed by atoms with E-state index in [2.05, 4.69) is 11.8 Å². The molecule has 5 heteroatoms. The number of rotatable bonds is 4. The second-order valence-electron chi connectivity index (χ2n) is 5.28. The molecule has 0 aliphatic carbocycles. The molecule has 1 atom stereocenters. The number of carbonyl (C=O) groups is 1. The summed E-state index contributed by atoms with van der Waals surface area (Å²) in [6.07, 6.45) is 2.34. The Balaban J connectivity index is 2.03. The summed E-state index contributed by atoms with van der Waals surface area (Å²) in [7, 11) is 1.81. The van der Waals surface area contributed by atoms with Crippen molar-refractivity contribution >= 4 is 17.5 Å². The van der Waals surface area contributed by atoms with Crippen molar-refractivity contribution in [1.29, 1.82) is 0 Å². The first kappa shape index (κ1) is 15.1. The minimum atomic E-state index is -0.0603. The van der Waals surface area contributed by atoms with E-state index in [1.165, 1.54) is 18.6 Å². The van der Waals surface area contributed by atoms with Gasteiger partial charge in [-0.2, -0.15) is 0 Å². The molecule has 1 aliphatic heterocycles. The average molecular weight is 297 g/mol. The van der Waals surface area contributed by atoms with Crippen LogP contribution >= 0.6 is 11.6 Å². The molecule has 1 heterocycles. The van der Waals surface area contributed by atoms with Crippen molar-refractivity contribution in [3.05, 3.63) is 28.8 Å². The summed E-state index contributed by atoms with van der Waals surface area (Å²) in [6, 6.07) is 5.02. The lowest BCUT2D eigenvalue weighted by molar-refractivity contribution is 0.0754. The van der Waals surface area contributed by atoms with Gasteiger partial charge in [-0.25, -0.2) is 0 Å². The molecule has 1 fully saturated rings. The molecular formula is C15H21ClN2O2. The molecule has 0 saturated carbocycles. The number of carbonyl (C=O) groups excluding carboxylic acids is 1. The highest BCUT2D eigenvalue weighted by Gasteiger charge is 2.26. The van der Waals surface area contributed by atoms with E-state index >= 15 is 0 Å². The van der Waals surface area contributed by atoms with Gasteiger partial charge in [0.2, 0.25) is 0 Å². The maximum absolute atomic E-state index is 12.4. The van der Waals surface area contributed by atoms with Crippen molar-refractivity contribution in [2.75, 3.05) is 26.7 Å². The first-order valence-electron chi connectivity index (χ1n) is 7.01. The predicted molar refractivity (Wildman–Crippen MR) is 80.3 cm³/mol. The molecule has 1 aliphatic rings. The van der Waals surface area contributed by atoms with Gasteiger partial charge in [0.25, 0.3) is 5.91 Å². The van der Waals surface area contributed by atoms with Crippen LogP contribution in [-0.4, -0.2) is 53.5 Å². The van der Waals surface area contributed by atoms with Gasteiger partial charge >= 0.3 is 0 Å². The number of hydrogen-bond acceptors (Lipinski definition) is 3. The highest BCUT2D eigenvalue weighted by Crippen LogP contribution is 2.24. The molecule has 0 aromatic heterocycles. The smallest absolute Gasteiger partial charge is 0.253 e. The van der Waals surface area contributed by atoms with Crippen molar-refractivity contribution in [1.82, 2.24) is 9.80 Å². The number of hydrogen-bond donors (Lipinski definition) is 1. The molecule has 1 aromatic carbocycles. The first-order chi connectivity index (χ1) is 9.52. The highest BCUT2D eigenvalue weighted by atomic mass is 35.5. The molecule has 4 nitrogen and oxygen atoms in total. The van der Waals surface area contributed by atoms with Crippen LogP contribution in [0.15, 0.2) is 18.2 Å². The van der Waals surface area contributed by atoms with Gasteiger partial charge in [0.05, 0.1) is 5.02 Å². The number of aromatic hydroxyl groups is 1. The van der Waals surface area contributed by atoms with Gasteiger partial charge in [0.15, 0.2) is 0 Å². The third kappa shape index (κ3) is 3.25. The Bertz CT molecular complexity index is 493.